The molecular formula is C10H5Cl2NO3. The van der Waals surface area contributed by atoms with E-state index in [1.165, 1.54) is 6.07 Å². The summed E-state index contributed by atoms with van der Waals surface area (Å²) in [5, 5.41) is 13.2. The Bertz CT molecular complexity index is 551. The Morgan fingerprint density at radius 2 is 2.06 bits per heavy atom. The summed E-state index contributed by atoms with van der Waals surface area (Å²) >= 11 is 11.7. The fourth-order valence-electron chi connectivity index (χ4n) is 1.20. The molecule has 0 unspecified atom stereocenters. The molecule has 0 fully saturated rings. The number of nitrogens with zero attached hydrogens (tertiary/aromatic N) is 1. The SMILES string of the molecule is O=C(O)c1cc(-c2ccc(Cl)cc2Cl)no1. The number of hydrogen-bond acceptors (Lipinski definition) is 3. The Hall–Kier alpha value is -1.52. The van der Waals surface area contributed by atoms with Gasteiger partial charge in [0.1, 0.15) is 5.69 Å². The van der Waals surface area contributed by atoms with E-state index in [2.05, 4.69) is 9.68 Å². The lowest BCUT2D eigenvalue weighted by Gasteiger charge is -1.99. The lowest BCUT2D eigenvalue weighted by Crippen LogP contribution is -1.91. The maximum Gasteiger partial charge on any atom is 0.374 e. The van der Waals surface area contributed by atoms with Crippen LogP contribution in [0.1, 0.15) is 10.6 Å². The van der Waals surface area contributed by atoms with Gasteiger partial charge in [-0.1, -0.05) is 28.4 Å². The van der Waals surface area contributed by atoms with Crippen molar-refractivity contribution < 1.29 is 14.4 Å². The van der Waals surface area contributed by atoms with Crippen LogP contribution in [0.3, 0.4) is 0 Å². The second-order valence-electron chi connectivity index (χ2n) is 3.01. The van der Waals surface area contributed by atoms with Crippen molar-refractivity contribution in [2.24, 2.45) is 0 Å². The molecule has 1 N–H and O–H groups in total. The number of carboxylic acids is 1. The van der Waals surface area contributed by atoms with E-state index in [9.17, 15) is 4.79 Å². The molecule has 2 aromatic rings. The van der Waals surface area contributed by atoms with Gasteiger partial charge in [0.2, 0.25) is 5.76 Å². The molecule has 1 aromatic heterocycles. The van der Waals surface area contributed by atoms with Crippen molar-refractivity contribution in [3.63, 3.8) is 0 Å². The third-order valence-corrected chi connectivity index (χ3v) is 2.48. The first kappa shape index (κ1) is 11.0. The van der Waals surface area contributed by atoms with Crippen LogP contribution in [0.25, 0.3) is 11.3 Å². The zero-order chi connectivity index (χ0) is 11.7. The quantitative estimate of drug-likeness (QED) is 0.897. The Labute approximate surface area is 100 Å². The normalized spacial score (nSPS) is 10.4. The van der Waals surface area contributed by atoms with Crippen LogP contribution in [0.5, 0.6) is 0 Å². The number of hydrogen-bond donors (Lipinski definition) is 1. The fraction of sp³-hybridized carbons (Fsp3) is 0. The Morgan fingerprint density at radius 3 is 2.62 bits per heavy atom. The van der Waals surface area contributed by atoms with E-state index >= 15 is 0 Å². The van der Waals surface area contributed by atoms with Gasteiger partial charge in [0.25, 0.3) is 0 Å². The smallest absolute Gasteiger partial charge is 0.374 e. The Balaban J connectivity index is 2.46. The van der Waals surface area contributed by atoms with Crippen molar-refractivity contribution >= 4 is 29.2 Å². The highest BCUT2D eigenvalue weighted by atomic mass is 35.5. The van der Waals surface area contributed by atoms with Gasteiger partial charge in [0.15, 0.2) is 0 Å². The molecule has 0 saturated heterocycles. The minimum Gasteiger partial charge on any atom is -0.475 e. The highest BCUT2D eigenvalue weighted by molar-refractivity contribution is 6.36. The first-order valence-electron chi connectivity index (χ1n) is 4.23. The third-order valence-electron chi connectivity index (χ3n) is 1.93. The second kappa shape index (κ2) is 4.15. The average molecular weight is 258 g/mol. The molecular weight excluding hydrogens is 253 g/mol. The van der Waals surface area contributed by atoms with Gasteiger partial charge in [0.05, 0.1) is 5.02 Å². The van der Waals surface area contributed by atoms with E-state index in [1.807, 2.05) is 0 Å². The summed E-state index contributed by atoms with van der Waals surface area (Å²) in [7, 11) is 0. The second-order valence-corrected chi connectivity index (χ2v) is 3.85. The summed E-state index contributed by atoms with van der Waals surface area (Å²) in [4.78, 5) is 10.6. The van der Waals surface area contributed by atoms with Crippen LogP contribution in [0.4, 0.5) is 0 Å². The van der Waals surface area contributed by atoms with E-state index in [0.717, 1.165) is 0 Å². The lowest BCUT2D eigenvalue weighted by atomic mass is 10.1. The number of benzene rings is 1. The van der Waals surface area contributed by atoms with Gasteiger partial charge in [-0.05, 0) is 18.2 Å². The number of carbonyl (C=O) groups is 1. The molecule has 1 aromatic carbocycles. The molecule has 2 rings (SSSR count). The van der Waals surface area contributed by atoms with Crippen LogP contribution in [-0.4, -0.2) is 16.2 Å². The monoisotopic (exact) mass is 257 g/mol. The third kappa shape index (κ3) is 2.03. The summed E-state index contributed by atoms with van der Waals surface area (Å²) in [6, 6.07) is 6.14. The highest BCUT2D eigenvalue weighted by Crippen LogP contribution is 2.29. The van der Waals surface area contributed by atoms with Crippen LogP contribution >= 0.6 is 23.2 Å². The van der Waals surface area contributed by atoms with Gasteiger partial charge < -0.3 is 9.63 Å². The van der Waals surface area contributed by atoms with Crippen molar-refractivity contribution in [3.8, 4) is 11.3 Å². The van der Waals surface area contributed by atoms with Gasteiger partial charge >= 0.3 is 5.97 Å². The molecule has 0 saturated carbocycles. The molecule has 0 aliphatic heterocycles. The first-order chi connectivity index (χ1) is 7.58. The van der Waals surface area contributed by atoms with Crippen LogP contribution in [-0.2, 0) is 0 Å². The maximum absolute atomic E-state index is 10.6. The van der Waals surface area contributed by atoms with Gasteiger partial charge in [0, 0.05) is 16.7 Å². The molecule has 6 heteroatoms. The number of rotatable bonds is 2. The van der Waals surface area contributed by atoms with Crippen LogP contribution in [0.15, 0.2) is 28.8 Å². The Morgan fingerprint density at radius 1 is 1.31 bits per heavy atom. The summed E-state index contributed by atoms with van der Waals surface area (Å²) in [6.07, 6.45) is 0. The molecule has 0 aliphatic rings. The molecule has 82 valence electrons. The largest absolute Gasteiger partial charge is 0.475 e. The van der Waals surface area contributed by atoms with Gasteiger partial charge in [-0.3, -0.25) is 0 Å². The fourth-order valence-corrected chi connectivity index (χ4v) is 1.71. The molecule has 1 heterocycles. The van der Waals surface area contributed by atoms with E-state index in [1.54, 1.807) is 18.2 Å². The summed E-state index contributed by atoms with van der Waals surface area (Å²) < 4.78 is 4.62. The topological polar surface area (TPSA) is 63.3 Å². The van der Waals surface area contributed by atoms with Crippen LogP contribution < -0.4 is 0 Å². The molecule has 0 atom stereocenters. The van der Waals surface area contributed by atoms with Crippen molar-refractivity contribution in [3.05, 3.63) is 40.1 Å². The predicted octanol–water partition coefficient (Wildman–Crippen LogP) is 3.35. The number of aromatic nitrogens is 1. The minimum absolute atomic E-state index is 0.235. The number of halogens is 2. The number of carboxylic acid groups (broad SMARTS) is 1. The van der Waals surface area contributed by atoms with Crippen LogP contribution in [0.2, 0.25) is 10.0 Å². The van der Waals surface area contributed by atoms with E-state index in [4.69, 9.17) is 28.3 Å². The maximum atomic E-state index is 10.6. The van der Waals surface area contributed by atoms with Crippen molar-refractivity contribution in [1.29, 1.82) is 0 Å². The minimum atomic E-state index is -1.18. The van der Waals surface area contributed by atoms with Crippen molar-refractivity contribution in [2.45, 2.75) is 0 Å². The molecule has 0 bridgehead atoms. The summed E-state index contributed by atoms with van der Waals surface area (Å²) in [5.41, 5.74) is 0.932. The molecule has 0 radical (unpaired) electrons. The molecule has 4 nitrogen and oxygen atoms in total. The van der Waals surface area contributed by atoms with Crippen molar-refractivity contribution in [1.82, 2.24) is 5.16 Å². The molecule has 0 spiro atoms. The average Bonchev–Trinajstić information content (AvgIpc) is 2.66. The van der Waals surface area contributed by atoms with Crippen molar-refractivity contribution in [2.75, 3.05) is 0 Å². The predicted molar refractivity (Wildman–Crippen MR) is 58.9 cm³/mol. The zero-order valence-electron chi connectivity index (χ0n) is 7.78. The zero-order valence-corrected chi connectivity index (χ0v) is 9.29. The standard InChI is InChI=1S/C10H5Cl2NO3/c11-5-1-2-6(7(12)3-5)8-4-9(10(14)15)16-13-8/h1-4H,(H,14,15). The number of aromatic carboxylic acids is 1. The highest BCUT2D eigenvalue weighted by Gasteiger charge is 2.14. The van der Waals surface area contributed by atoms with E-state index in [-0.39, 0.29) is 5.76 Å². The Kier molecular flexibility index (Phi) is 2.85. The van der Waals surface area contributed by atoms with Gasteiger partial charge in [-0.15, -0.1) is 0 Å². The molecule has 0 amide bonds. The van der Waals surface area contributed by atoms with Gasteiger partial charge in [-0.2, -0.15) is 0 Å². The first-order valence-corrected chi connectivity index (χ1v) is 4.99. The van der Waals surface area contributed by atoms with E-state index in [0.29, 0.717) is 21.3 Å². The lowest BCUT2D eigenvalue weighted by molar-refractivity contribution is 0.0652. The van der Waals surface area contributed by atoms with Crippen LogP contribution in [0, 0.1) is 0 Å². The summed E-state index contributed by atoms with van der Waals surface area (Å²) in [6.45, 7) is 0. The van der Waals surface area contributed by atoms with Gasteiger partial charge in [-0.25, -0.2) is 4.79 Å². The summed E-state index contributed by atoms with van der Waals surface area (Å²) in [5.74, 6) is -1.41. The molecule has 16 heavy (non-hydrogen) atoms. The van der Waals surface area contributed by atoms with E-state index < -0.39 is 5.97 Å². The molecule has 0 aliphatic carbocycles.